The van der Waals surface area contributed by atoms with Crippen molar-refractivity contribution in [3.63, 3.8) is 0 Å². The maximum atomic E-state index is 13.7. The van der Waals surface area contributed by atoms with E-state index in [-0.39, 0.29) is 17.9 Å². The van der Waals surface area contributed by atoms with Crippen LogP contribution in [0.2, 0.25) is 0 Å². The molecular weight excluding hydrogens is 348 g/mol. The number of halogens is 2. The smallest absolute Gasteiger partial charge is 0.271 e. The predicted molar refractivity (Wildman–Crippen MR) is 85.3 cm³/mol. The summed E-state index contributed by atoms with van der Waals surface area (Å²) in [5.74, 6) is -3.07. The topological polar surface area (TPSA) is 113 Å². The Bertz CT molecular complexity index is 946. The Hall–Kier alpha value is -3.56. The van der Waals surface area contributed by atoms with Crippen molar-refractivity contribution in [3.05, 3.63) is 64.8 Å². The van der Waals surface area contributed by atoms with Crippen LogP contribution in [0.5, 0.6) is 0 Å². The third-order valence-electron chi connectivity index (χ3n) is 3.41. The minimum atomic E-state index is -1.04. The molecule has 3 N–H and O–H groups in total. The Morgan fingerprint density at radius 3 is 2.62 bits per heavy atom. The van der Waals surface area contributed by atoms with Gasteiger partial charge in [-0.2, -0.15) is 5.10 Å². The lowest BCUT2D eigenvalue weighted by Crippen LogP contribution is -2.25. The van der Waals surface area contributed by atoms with Crippen molar-refractivity contribution < 1.29 is 22.9 Å². The van der Waals surface area contributed by atoms with Crippen LogP contribution in [0.4, 0.5) is 14.5 Å². The standard InChI is InChI=1S/C16H13F2N5O3/c1-8-5-9(23-26-8)6-19-16(25)14-12(7-20-22-14)21-15(24)13-10(17)3-2-4-11(13)18/h2-5,7H,6H2,1H3,(H,19,25)(H,20,22)(H,21,24). The molecule has 0 aliphatic rings. The van der Waals surface area contributed by atoms with Crippen LogP contribution in [-0.2, 0) is 6.54 Å². The third kappa shape index (κ3) is 3.58. The van der Waals surface area contributed by atoms with Crippen molar-refractivity contribution in [2.45, 2.75) is 13.5 Å². The molecule has 2 aromatic heterocycles. The van der Waals surface area contributed by atoms with E-state index >= 15 is 0 Å². The molecule has 3 aromatic rings. The van der Waals surface area contributed by atoms with Gasteiger partial charge in [-0.25, -0.2) is 8.78 Å². The van der Waals surface area contributed by atoms with E-state index < -0.39 is 29.0 Å². The summed E-state index contributed by atoms with van der Waals surface area (Å²) in [5, 5.41) is 14.6. The summed E-state index contributed by atoms with van der Waals surface area (Å²) in [6, 6.07) is 4.71. The largest absolute Gasteiger partial charge is 0.361 e. The van der Waals surface area contributed by atoms with Crippen LogP contribution in [-0.4, -0.2) is 27.2 Å². The van der Waals surface area contributed by atoms with Crippen molar-refractivity contribution in [1.29, 1.82) is 0 Å². The van der Waals surface area contributed by atoms with Crippen LogP contribution in [0.15, 0.2) is 35.0 Å². The highest BCUT2D eigenvalue weighted by Gasteiger charge is 2.21. The molecule has 0 saturated carbocycles. The number of aromatic amines is 1. The van der Waals surface area contributed by atoms with Crippen molar-refractivity contribution in [2.75, 3.05) is 5.32 Å². The number of aromatic nitrogens is 3. The molecule has 0 saturated heterocycles. The first kappa shape index (κ1) is 17.3. The molecule has 0 unspecified atom stereocenters. The van der Waals surface area contributed by atoms with Gasteiger partial charge >= 0.3 is 0 Å². The third-order valence-corrected chi connectivity index (χ3v) is 3.41. The molecule has 0 fully saturated rings. The second-order valence-electron chi connectivity index (χ2n) is 5.32. The minimum Gasteiger partial charge on any atom is -0.361 e. The van der Waals surface area contributed by atoms with Gasteiger partial charge in [-0.15, -0.1) is 0 Å². The predicted octanol–water partition coefficient (Wildman–Crippen LogP) is 2.17. The lowest BCUT2D eigenvalue weighted by Gasteiger charge is -2.07. The zero-order valence-electron chi connectivity index (χ0n) is 13.5. The normalized spacial score (nSPS) is 10.6. The molecule has 0 aliphatic heterocycles. The maximum Gasteiger partial charge on any atom is 0.271 e. The fourth-order valence-corrected chi connectivity index (χ4v) is 2.21. The number of rotatable bonds is 5. The van der Waals surface area contributed by atoms with Gasteiger partial charge in [-0.05, 0) is 19.1 Å². The summed E-state index contributed by atoms with van der Waals surface area (Å²) in [4.78, 5) is 24.3. The average Bonchev–Trinajstić information content (AvgIpc) is 3.21. The second-order valence-corrected chi connectivity index (χ2v) is 5.32. The van der Waals surface area contributed by atoms with Crippen molar-refractivity contribution in [2.24, 2.45) is 0 Å². The summed E-state index contributed by atoms with van der Waals surface area (Å²) < 4.78 is 32.2. The molecule has 0 aliphatic carbocycles. The molecule has 8 nitrogen and oxygen atoms in total. The molecular formula is C16H13F2N5O3. The van der Waals surface area contributed by atoms with E-state index in [2.05, 4.69) is 26.0 Å². The molecule has 0 bridgehead atoms. The summed E-state index contributed by atoms with van der Waals surface area (Å²) in [6.45, 7) is 1.80. The lowest BCUT2D eigenvalue weighted by molar-refractivity contribution is 0.0946. The summed E-state index contributed by atoms with van der Waals surface area (Å²) >= 11 is 0. The van der Waals surface area contributed by atoms with Gasteiger partial charge in [0, 0.05) is 6.07 Å². The number of nitrogens with one attached hydrogen (secondary N) is 3. The van der Waals surface area contributed by atoms with Crippen molar-refractivity contribution in [1.82, 2.24) is 20.7 Å². The number of H-pyrrole nitrogens is 1. The quantitative estimate of drug-likeness (QED) is 0.645. The van der Waals surface area contributed by atoms with Crippen LogP contribution in [0.25, 0.3) is 0 Å². The van der Waals surface area contributed by atoms with Gasteiger partial charge in [0.15, 0.2) is 0 Å². The van der Waals surface area contributed by atoms with Gasteiger partial charge in [-0.1, -0.05) is 11.2 Å². The number of carbonyl (C=O) groups is 2. The van der Waals surface area contributed by atoms with Gasteiger partial charge in [0.2, 0.25) is 0 Å². The monoisotopic (exact) mass is 361 g/mol. The highest BCUT2D eigenvalue weighted by atomic mass is 19.1. The second kappa shape index (κ2) is 7.13. The number of amides is 2. The van der Waals surface area contributed by atoms with E-state index in [4.69, 9.17) is 4.52 Å². The molecule has 2 amide bonds. The minimum absolute atomic E-state index is 0.0218. The van der Waals surface area contributed by atoms with Crippen LogP contribution in [0.3, 0.4) is 0 Å². The molecule has 2 heterocycles. The lowest BCUT2D eigenvalue weighted by atomic mass is 10.2. The Labute approximate surface area is 145 Å². The van der Waals surface area contributed by atoms with E-state index in [0.29, 0.717) is 11.5 Å². The molecule has 0 spiro atoms. The van der Waals surface area contributed by atoms with Gasteiger partial charge in [0.1, 0.15) is 34.3 Å². The SMILES string of the molecule is Cc1cc(CNC(=O)c2[nH]ncc2NC(=O)c2c(F)cccc2F)no1. The molecule has 0 radical (unpaired) electrons. The highest BCUT2D eigenvalue weighted by molar-refractivity contribution is 6.08. The first-order valence-electron chi connectivity index (χ1n) is 7.45. The summed E-state index contributed by atoms with van der Waals surface area (Å²) in [6.07, 6.45) is 1.16. The summed E-state index contributed by atoms with van der Waals surface area (Å²) in [7, 11) is 0. The van der Waals surface area contributed by atoms with Gasteiger partial charge < -0.3 is 15.2 Å². The van der Waals surface area contributed by atoms with Gasteiger partial charge in [0.05, 0.1) is 18.4 Å². The Morgan fingerprint density at radius 1 is 1.23 bits per heavy atom. The van der Waals surface area contributed by atoms with Crippen molar-refractivity contribution in [3.8, 4) is 0 Å². The highest BCUT2D eigenvalue weighted by Crippen LogP contribution is 2.17. The number of carbonyl (C=O) groups excluding carboxylic acids is 2. The number of nitrogens with zero attached hydrogens (tertiary/aromatic N) is 2. The number of hydrogen-bond acceptors (Lipinski definition) is 5. The summed E-state index contributed by atoms with van der Waals surface area (Å²) in [5.41, 5.74) is -0.339. The van der Waals surface area contributed by atoms with Crippen LogP contribution in [0, 0.1) is 18.6 Å². The van der Waals surface area contributed by atoms with E-state index in [1.165, 1.54) is 0 Å². The molecule has 0 atom stereocenters. The average molecular weight is 361 g/mol. The van der Waals surface area contributed by atoms with Crippen LogP contribution >= 0.6 is 0 Å². The van der Waals surface area contributed by atoms with E-state index in [0.717, 1.165) is 24.4 Å². The fourth-order valence-electron chi connectivity index (χ4n) is 2.21. The molecule has 3 rings (SSSR count). The zero-order chi connectivity index (χ0) is 18.7. The van der Waals surface area contributed by atoms with Crippen molar-refractivity contribution >= 4 is 17.5 Å². The maximum absolute atomic E-state index is 13.7. The molecule has 1 aromatic carbocycles. The molecule has 26 heavy (non-hydrogen) atoms. The van der Waals surface area contributed by atoms with Gasteiger partial charge in [0.25, 0.3) is 11.8 Å². The van der Waals surface area contributed by atoms with Crippen LogP contribution < -0.4 is 10.6 Å². The van der Waals surface area contributed by atoms with E-state index in [9.17, 15) is 18.4 Å². The first-order chi connectivity index (χ1) is 12.5. The Kier molecular flexibility index (Phi) is 4.74. The number of aryl methyl sites for hydroxylation is 1. The number of anilines is 1. The number of hydrogen-bond donors (Lipinski definition) is 3. The van der Waals surface area contributed by atoms with E-state index in [1.54, 1.807) is 13.0 Å². The fraction of sp³-hybridized carbons (Fsp3) is 0.125. The molecule has 10 heteroatoms. The van der Waals surface area contributed by atoms with Gasteiger partial charge in [-0.3, -0.25) is 14.7 Å². The Balaban J connectivity index is 1.72. The Morgan fingerprint density at radius 2 is 1.96 bits per heavy atom. The molecule has 134 valence electrons. The van der Waals surface area contributed by atoms with E-state index in [1.807, 2.05) is 0 Å². The first-order valence-corrected chi connectivity index (χ1v) is 7.45. The zero-order valence-corrected chi connectivity index (χ0v) is 13.5. The number of benzene rings is 1. The van der Waals surface area contributed by atoms with Crippen LogP contribution in [0.1, 0.15) is 32.3 Å².